The number of hydrogen-bond acceptors (Lipinski definition) is 7. The first-order valence-electron chi connectivity index (χ1n) is 9.14. The normalized spacial score (nSPS) is 14.8. The Kier molecular flexibility index (Phi) is 5.79. The number of benzene rings is 1. The van der Waals surface area contributed by atoms with Crippen LogP contribution in [0.4, 0.5) is 11.8 Å². The number of thioether (sulfide) groups is 1. The molecule has 27 heavy (non-hydrogen) atoms. The van der Waals surface area contributed by atoms with Gasteiger partial charge in [0.15, 0.2) is 0 Å². The van der Waals surface area contributed by atoms with E-state index in [1.807, 2.05) is 24.5 Å². The zero-order chi connectivity index (χ0) is 18.3. The highest BCUT2D eigenvalue weighted by Crippen LogP contribution is 2.23. The molecular formula is C20H22N6S. The Morgan fingerprint density at radius 1 is 0.852 bits per heavy atom. The molecule has 0 saturated carbocycles. The SMILES string of the molecule is c1ccc(CSc2cncc(N3CCCN(c4ncccn4)CC3)n2)cc1. The van der Waals surface area contributed by atoms with E-state index in [0.717, 1.165) is 55.1 Å². The molecule has 0 unspecified atom stereocenters. The van der Waals surface area contributed by atoms with E-state index < -0.39 is 0 Å². The molecule has 0 bridgehead atoms. The third-order valence-corrected chi connectivity index (χ3v) is 5.45. The summed E-state index contributed by atoms with van der Waals surface area (Å²) in [5, 5.41) is 0.962. The second-order valence-corrected chi connectivity index (χ2v) is 7.36. The Labute approximate surface area is 163 Å². The van der Waals surface area contributed by atoms with E-state index in [0.29, 0.717) is 0 Å². The summed E-state index contributed by atoms with van der Waals surface area (Å²) >= 11 is 1.72. The van der Waals surface area contributed by atoms with Crippen LogP contribution in [0, 0.1) is 0 Å². The van der Waals surface area contributed by atoms with Gasteiger partial charge in [0.25, 0.3) is 0 Å². The zero-order valence-electron chi connectivity index (χ0n) is 15.1. The Bertz CT molecular complexity index is 845. The molecule has 1 aliphatic rings. The molecule has 1 saturated heterocycles. The average molecular weight is 379 g/mol. The minimum Gasteiger partial charge on any atom is -0.353 e. The van der Waals surface area contributed by atoms with Crippen molar-refractivity contribution in [2.24, 2.45) is 0 Å². The smallest absolute Gasteiger partial charge is 0.225 e. The lowest BCUT2D eigenvalue weighted by atomic mass is 10.2. The topological polar surface area (TPSA) is 58.0 Å². The molecule has 0 amide bonds. The van der Waals surface area contributed by atoms with Crippen LogP contribution in [0.3, 0.4) is 0 Å². The van der Waals surface area contributed by atoms with Crippen LogP contribution in [0.2, 0.25) is 0 Å². The molecule has 2 aromatic heterocycles. The van der Waals surface area contributed by atoms with Gasteiger partial charge in [-0.25, -0.2) is 15.0 Å². The summed E-state index contributed by atoms with van der Waals surface area (Å²) in [6, 6.07) is 12.3. The van der Waals surface area contributed by atoms with E-state index in [2.05, 4.69) is 49.0 Å². The first-order chi connectivity index (χ1) is 13.4. The van der Waals surface area contributed by atoms with E-state index in [-0.39, 0.29) is 0 Å². The summed E-state index contributed by atoms with van der Waals surface area (Å²) in [6.07, 6.45) is 8.34. The third kappa shape index (κ3) is 4.74. The van der Waals surface area contributed by atoms with Crippen LogP contribution in [0.25, 0.3) is 0 Å². The summed E-state index contributed by atoms with van der Waals surface area (Å²) in [5.74, 6) is 2.65. The van der Waals surface area contributed by atoms with Gasteiger partial charge in [0, 0.05) is 44.3 Å². The van der Waals surface area contributed by atoms with Gasteiger partial charge < -0.3 is 9.80 Å². The van der Waals surface area contributed by atoms with Crippen LogP contribution in [0.15, 0.2) is 66.2 Å². The van der Waals surface area contributed by atoms with Gasteiger partial charge in [0.1, 0.15) is 10.8 Å². The second-order valence-electron chi connectivity index (χ2n) is 6.37. The molecular weight excluding hydrogens is 356 g/mol. The molecule has 0 aliphatic carbocycles. The molecule has 7 heteroatoms. The molecule has 0 radical (unpaired) electrons. The van der Waals surface area contributed by atoms with Crippen molar-refractivity contribution in [1.29, 1.82) is 0 Å². The van der Waals surface area contributed by atoms with Crippen molar-refractivity contribution < 1.29 is 0 Å². The predicted molar refractivity (Wildman–Crippen MR) is 109 cm³/mol. The summed E-state index contributed by atoms with van der Waals surface area (Å²) in [5.41, 5.74) is 1.29. The van der Waals surface area contributed by atoms with Gasteiger partial charge in [0.05, 0.1) is 12.4 Å². The lowest BCUT2D eigenvalue weighted by Gasteiger charge is -2.22. The van der Waals surface area contributed by atoms with Crippen molar-refractivity contribution in [3.63, 3.8) is 0 Å². The van der Waals surface area contributed by atoms with Crippen molar-refractivity contribution >= 4 is 23.5 Å². The maximum absolute atomic E-state index is 4.83. The van der Waals surface area contributed by atoms with Crippen LogP contribution in [0.5, 0.6) is 0 Å². The molecule has 0 atom stereocenters. The summed E-state index contributed by atoms with van der Waals surface area (Å²) in [4.78, 5) is 22.5. The van der Waals surface area contributed by atoms with E-state index in [4.69, 9.17) is 4.98 Å². The van der Waals surface area contributed by atoms with Crippen molar-refractivity contribution in [1.82, 2.24) is 19.9 Å². The van der Waals surface area contributed by atoms with Crippen molar-refractivity contribution in [3.05, 3.63) is 66.7 Å². The standard InChI is InChI=1S/C20H22N6S/c1-2-6-17(7-3-1)16-27-19-15-21-14-18(24-19)25-10-5-11-26(13-12-25)20-22-8-4-9-23-20/h1-4,6-9,14-15H,5,10-13,16H2. The van der Waals surface area contributed by atoms with Gasteiger partial charge in [-0.05, 0) is 18.1 Å². The van der Waals surface area contributed by atoms with Gasteiger partial charge in [-0.3, -0.25) is 4.98 Å². The highest BCUT2D eigenvalue weighted by atomic mass is 32.2. The number of rotatable bonds is 5. The maximum atomic E-state index is 4.83. The second kappa shape index (κ2) is 8.81. The number of anilines is 2. The quantitative estimate of drug-likeness (QED) is 0.632. The van der Waals surface area contributed by atoms with Crippen LogP contribution < -0.4 is 9.80 Å². The minimum absolute atomic E-state index is 0.803. The van der Waals surface area contributed by atoms with Gasteiger partial charge in [-0.1, -0.05) is 30.3 Å². The average Bonchev–Trinajstić information content (AvgIpc) is 3.00. The summed E-state index contributed by atoms with van der Waals surface area (Å²) in [6.45, 7) is 3.69. The highest BCUT2D eigenvalue weighted by Gasteiger charge is 2.18. The minimum atomic E-state index is 0.803. The highest BCUT2D eigenvalue weighted by molar-refractivity contribution is 7.98. The van der Waals surface area contributed by atoms with Crippen LogP contribution in [0.1, 0.15) is 12.0 Å². The third-order valence-electron chi connectivity index (χ3n) is 4.48. The van der Waals surface area contributed by atoms with Gasteiger partial charge >= 0.3 is 0 Å². The summed E-state index contributed by atoms with van der Waals surface area (Å²) < 4.78 is 0. The fraction of sp³-hybridized carbons (Fsp3) is 0.300. The number of hydrogen-bond donors (Lipinski definition) is 0. The fourth-order valence-corrected chi connectivity index (χ4v) is 3.89. The Hall–Kier alpha value is -2.67. The van der Waals surface area contributed by atoms with Crippen molar-refractivity contribution in [2.75, 3.05) is 36.0 Å². The molecule has 138 valence electrons. The molecule has 0 spiro atoms. The first-order valence-corrected chi connectivity index (χ1v) is 10.1. The maximum Gasteiger partial charge on any atom is 0.225 e. The summed E-state index contributed by atoms with van der Waals surface area (Å²) in [7, 11) is 0. The molecule has 1 fully saturated rings. The fourth-order valence-electron chi connectivity index (χ4n) is 3.09. The molecule has 3 heterocycles. The largest absolute Gasteiger partial charge is 0.353 e. The number of aromatic nitrogens is 4. The molecule has 3 aromatic rings. The number of nitrogens with zero attached hydrogens (tertiary/aromatic N) is 6. The Balaban J connectivity index is 1.40. The zero-order valence-corrected chi connectivity index (χ0v) is 15.9. The van der Waals surface area contributed by atoms with Crippen molar-refractivity contribution in [2.45, 2.75) is 17.2 Å². The molecule has 6 nitrogen and oxygen atoms in total. The molecule has 0 N–H and O–H groups in total. The van der Waals surface area contributed by atoms with Crippen LogP contribution in [-0.4, -0.2) is 46.1 Å². The first kappa shape index (κ1) is 17.7. The monoisotopic (exact) mass is 378 g/mol. The van der Waals surface area contributed by atoms with E-state index in [1.165, 1.54) is 5.56 Å². The lowest BCUT2D eigenvalue weighted by molar-refractivity contribution is 0.780. The molecule has 1 aromatic carbocycles. The van der Waals surface area contributed by atoms with Crippen molar-refractivity contribution in [3.8, 4) is 0 Å². The van der Waals surface area contributed by atoms with E-state index in [9.17, 15) is 0 Å². The van der Waals surface area contributed by atoms with Gasteiger partial charge in [-0.15, -0.1) is 11.8 Å². The van der Waals surface area contributed by atoms with Gasteiger partial charge in [-0.2, -0.15) is 0 Å². The van der Waals surface area contributed by atoms with E-state index >= 15 is 0 Å². The van der Waals surface area contributed by atoms with Crippen LogP contribution in [-0.2, 0) is 5.75 Å². The molecule has 1 aliphatic heterocycles. The Morgan fingerprint density at radius 2 is 1.63 bits per heavy atom. The molecule has 4 rings (SSSR count). The van der Waals surface area contributed by atoms with Crippen LogP contribution >= 0.6 is 11.8 Å². The Morgan fingerprint density at radius 3 is 2.48 bits per heavy atom. The lowest BCUT2D eigenvalue weighted by Crippen LogP contribution is -2.32. The van der Waals surface area contributed by atoms with E-state index in [1.54, 1.807) is 24.2 Å². The van der Waals surface area contributed by atoms with Gasteiger partial charge in [0.2, 0.25) is 5.95 Å². The predicted octanol–water partition coefficient (Wildman–Crippen LogP) is 3.28.